The Kier molecular flexibility index (Phi) is 5.41. The summed E-state index contributed by atoms with van der Waals surface area (Å²) in [6.07, 6.45) is 3.50. The minimum atomic E-state index is -0.242. The van der Waals surface area contributed by atoms with Crippen LogP contribution in [0.1, 0.15) is 36.4 Å². The number of thioether (sulfide) groups is 1. The fraction of sp³-hybridized carbons (Fsp3) is 0.316. The van der Waals surface area contributed by atoms with Crippen molar-refractivity contribution < 1.29 is 9.18 Å². The average molecular weight is 344 g/mol. The zero-order valence-corrected chi connectivity index (χ0v) is 14.2. The van der Waals surface area contributed by atoms with E-state index >= 15 is 0 Å². The van der Waals surface area contributed by atoms with Gasteiger partial charge in [0.05, 0.1) is 6.04 Å². The van der Waals surface area contributed by atoms with Crippen molar-refractivity contribution in [1.29, 1.82) is 0 Å². The molecule has 0 saturated heterocycles. The van der Waals surface area contributed by atoms with E-state index in [1.54, 1.807) is 23.9 Å². The number of benzene rings is 2. The Morgan fingerprint density at radius 3 is 2.83 bits per heavy atom. The van der Waals surface area contributed by atoms with E-state index in [0.717, 1.165) is 29.8 Å². The second-order valence-corrected chi connectivity index (χ2v) is 7.19. The minimum absolute atomic E-state index is 0.0549. The van der Waals surface area contributed by atoms with Crippen molar-refractivity contribution in [2.45, 2.75) is 36.6 Å². The van der Waals surface area contributed by atoms with Gasteiger partial charge in [0, 0.05) is 22.8 Å². The molecule has 1 aliphatic carbocycles. The molecule has 1 unspecified atom stereocenters. The Morgan fingerprint density at radius 1 is 1.25 bits per heavy atom. The lowest BCUT2D eigenvalue weighted by atomic mass is 9.87. The van der Waals surface area contributed by atoms with E-state index in [1.807, 2.05) is 18.2 Å². The molecule has 1 aliphatic rings. The number of hydrogen-bond acceptors (Lipinski definition) is 3. The SMILES string of the molecule is Nc1ccc2c(c1)CCCC2NC(=O)CCSc1ccc(F)cc1. The number of nitrogens with one attached hydrogen (secondary N) is 1. The molecule has 1 amide bonds. The van der Waals surface area contributed by atoms with Crippen molar-refractivity contribution in [2.24, 2.45) is 0 Å². The molecule has 126 valence electrons. The zero-order valence-electron chi connectivity index (χ0n) is 13.4. The van der Waals surface area contributed by atoms with Gasteiger partial charge in [0.1, 0.15) is 5.82 Å². The maximum Gasteiger partial charge on any atom is 0.221 e. The first kappa shape index (κ1) is 16.8. The van der Waals surface area contributed by atoms with Crippen molar-refractivity contribution >= 4 is 23.4 Å². The van der Waals surface area contributed by atoms with Gasteiger partial charge in [-0.05, 0) is 66.8 Å². The summed E-state index contributed by atoms with van der Waals surface area (Å²) in [7, 11) is 0. The van der Waals surface area contributed by atoms with Crippen molar-refractivity contribution in [3.05, 3.63) is 59.4 Å². The Balaban J connectivity index is 1.51. The van der Waals surface area contributed by atoms with Crippen molar-refractivity contribution in [3.63, 3.8) is 0 Å². The number of carbonyl (C=O) groups is 1. The summed E-state index contributed by atoms with van der Waals surface area (Å²) >= 11 is 1.56. The third-order valence-corrected chi connectivity index (χ3v) is 5.24. The van der Waals surface area contributed by atoms with Gasteiger partial charge in [0.2, 0.25) is 5.91 Å². The maximum atomic E-state index is 12.9. The summed E-state index contributed by atoms with van der Waals surface area (Å²) in [5.41, 5.74) is 9.05. The van der Waals surface area contributed by atoms with Crippen molar-refractivity contribution in [1.82, 2.24) is 5.32 Å². The zero-order chi connectivity index (χ0) is 16.9. The van der Waals surface area contributed by atoms with Gasteiger partial charge < -0.3 is 11.1 Å². The summed E-state index contributed by atoms with van der Waals surface area (Å²) in [6.45, 7) is 0. The van der Waals surface area contributed by atoms with E-state index in [0.29, 0.717) is 12.2 Å². The molecular formula is C19H21FN2OS. The van der Waals surface area contributed by atoms with Crippen LogP contribution in [0.5, 0.6) is 0 Å². The summed E-state index contributed by atoms with van der Waals surface area (Å²) in [5.74, 6) is 0.492. The second kappa shape index (κ2) is 7.71. The lowest BCUT2D eigenvalue weighted by molar-refractivity contribution is -0.121. The molecule has 3 rings (SSSR count). The quantitative estimate of drug-likeness (QED) is 0.635. The summed E-state index contributed by atoms with van der Waals surface area (Å²) in [4.78, 5) is 13.2. The fourth-order valence-electron chi connectivity index (χ4n) is 3.04. The van der Waals surface area contributed by atoms with Crippen LogP contribution in [0.2, 0.25) is 0 Å². The number of halogens is 1. The second-order valence-electron chi connectivity index (χ2n) is 6.02. The van der Waals surface area contributed by atoms with Crippen LogP contribution in [-0.4, -0.2) is 11.7 Å². The van der Waals surface area contributed by atoms with E-state index in [4.69, 9.17) is 5.73 Å². The van der Waals surface area contributed by atoms with Crippen molar-refractivity contribution in [2.75, 3.05) is 11.5 Å². The highest BCUT2D eigenvalue weighted by molar-refractivity contribution is 7.99. The average Bonchev–Trinajstić information content (AvgIpc) is 2.56. The molecule has 0 aliphatic heterocycles. The molecule has 0 heterocycles. The van der Waals surface area contributed by atoms with E-state index in [2.05, 4.69) is 5.32 Å². The lowest BCUT2D eigenvalue weighted by Gasteiger charge is -2.26. The highest BCUT2D eigenvalue weighted by Crippen LogP contribution is 2.31. The molecule has 5 heteroatoms. The third-order valence-electron chi connectivity index (χ3n) is 4.23. The Hall–Kier alpha value is -2.01. The van der Waals surface area contributed by atoms with E-state index in [9.17, 15) is 9.18 Å². The topological polar surface area (TPSA) is 55.1 Å². The normalized spacial score (nSPS) is 16.5. The predicted molar refractivity (Wildman–Crippen MR) is 96.4 cm³/mol. The largest absolute Gasteiger partial charge is 0.399 e. The number of rotatable bonds is 5. The van der Waals surface area contributed by atoms with Gasteiger partial charge in [0.25, 0.3) is 0 Å². The van der Waals surface area contributed by atoms with Crippen LogP contribution < -0.4 is 11.1 Å². The number of hydrogen-bond donors (Lipinski definition) is 2. The van der Waals surface area contributed by atoms with Gasteiger partial charge >= 0.3 is 0 Å². The number of anilines is 1. The highest BCUT2D eigenvalue weighted by Gasteiger charge is 2.21. The van der Waals surface area contributed by atoms with Crippen LogP contribution in [0.15, 0.2) is 47.4 Å². The van der Waals surface area contributed by atoms with E-state index in [1.165, 1.54) is 23.3 Å². The molecule has 0 saturated carbocycles. The van der Waals surface area contributed by atoms with Gasteiger partial charge in [-0.25, -0.2) is 4.39 Å². The maximum absolute atomic E-state index is 12.9. The monoisotopic (exact) mass is 344 g/mol. The molecule has 0 radical (unpaired) electrons. The van der Waals surface area contributed by atoms with Crippen LogP contribution in [0.25, 0.3) is 0 Å². The van der Waals surface area contributed by atoms with Gasteiger partial charge in [-0.1, -0.05) is 6.07 Å². The summed E-state index contributed by atoms with van der Waals surface area (Å²) < 4.78 is 12.9. The first-order valence-corrected chi connectivity index (χ1v) is 9.16. The lowest BCUT2D eigenvalue weighted by Crippen LogP contribution is -2.31. The molecule has 0 spiro atoms. The Labute approximate surface area is 145 Å². The van der Waals surface area contributed by atoms with Crippen LogP contribution in [-0.2, 0) is 11.2 Å². The molecule has 0 fully saturated rings. The van der Waals surface area contributed by atoms with Crippen LogP contribution in [0.3, 0.4) is 0 Å². The van der Waals surface area contributed by atoms with E-state index in [-0.39, 0.29) is 17.8 Å². The van der Waals surface area contributed by atoms with Gasteiger partial charge in [-0.3, -0.25) is 4.79 Å². The molecule has 0 aromatic heterocycles. The van der Waals surface area contributed by atoms with Gasteiger partial charge in [0.15, 0.2) is 0 Å². The number of nitrogens with two attached hydrogens (primary N) is 1. The smallest absolute Gasteiger partial charge is 0.221 e. The first-order chi connectivity index (χ1) is 11.6. The molecule has 1 atom stereocenters. The van der Waals surface area contributed by atoms with E-state index < -0.39 is 0 Å². The highest BCUT2D eigenvalue weighted by atomic mass is 32.2. The fourth-order valence-corrected chi connectivity index (χ4v) is 3.89. The van der Waals surface area contributed by atoms with Crippen LogP contribution in [0, 0.1) is 5.82 Å². The molecule has 24 heavy (non-hydrogen) atoms. The number of amides is 1. The Morgan fingerprint density at radius 2 is 2.04 bits per heavy atom. The van der Waals surface area contributed by atoms with Crippen molar-refractivity contribution in [3.8, 4) is 0 Å². The number of fused-ring (bicyclic) bond motifs is 1. The molecule has 3 N–H and O–H groups in total. The summed E-state index contributed by atoms with van der Waals surface area (Å²) in [5, 5.41) is 3.14. The number of carbonyl (C=O) groups excluding carboxylic acids is 1. The van der Waals surface area contributed by atoms with Gasteiger partial charge in [-0.2, -0.15) is 0 Å². The molecule has 0 bridgehead atoms. The predicted octanol–water partition coefficient (Wildman–Crippen LogP) is 4.08. The molecule has 2 aromatic carbocycles. The molecule has 2 aromatic rings. The number of aryl methyl sites for hydroxylation is 1. The van der Waals surface area contributed by atoms with Crippen LogP contribution in [0.4, 0.5) is 10.1 Å². The summed E-state index contributed by atoms with van der Waals surface area (Å²) in [6, 6.07) is 12.4. The van der Waals surface area contributed by atoms with Crippen LogP contribution >= 0.6 is 11.8 Å². The third kappa shape index (κ3) is 4.29. The first-order valence-electron chi connectivity index (χ1n) is 8.18. The minimum Gasteiger partial charge on any atom is -0.399 e. The molecular weight excluding hydrogens is 323 g/mol. The number of nitrogen functional groups attached to an aromatic ring is 1. The molecule has 3 nitrogen and oxygen atoms in total. The standard InChI is InChI=1S/C19H21FN2OS/c20-14-4-7-16(8-5-14)24-11-10-19(23)22-18-3-1-2-13-12-15(21)6-9-17(13)18/h4-9,12,18H,1-3,10-11,21H2,(H,22,23). The Bertz CT molecular complexity index is 718. The van der Waals surface area contributed by atoms with Gasteiger partial charge in [-0.15, -0.1) is 11.8 Å².